The highest BCUT2D eigenvalue weighted by molar-refractivity contribution is 7.22. The first-order valence-electron chi connectivity index (χ1n) is 9.00. The van der Waals surface area contributed by atoms with Crippen molar-refractivity contribution in [3.63, 3.8) is 0 Å². The van der Waals surface area contributed by atoms with Gasteiger partial charge in [-0.25, -0.2) is 0 Å². The smallest absolute Gasteiger partial charge is 0.182 e. The summed E-state index contributed by atoms with van der Waals surface area (Å²) < 4.78 is 0. The quantitative estimate of drug-likeness (QED) is 0.447. The lowest BCUT2D eigenvalue weighted by Gasteiger charge is -2.31. The molecule has 0 spiro atoms. The van der Waals surface area contributed by atoms with Gasteiger partial charge in [0.25, 0.3) is 0 Å². The summed E-state index contributed by atoms with van der Waals surface area (Å²) in [5, 5.41) is 5.71. The first kappa shape index (κ1) is 15.3. The largest absolute Gasteiger partial charge is 0.256 e. The van der Waals surface area contributed by atoms with E-state index in [1.165, 1.54) is 37.6 Å². The summed E-state index contributed by atoms with van der Waals surface area (Å²) in [6, 6.07) is 33.2. The van der Waals surface area contributed by atoms with Gasteiger partial charge in [0.2, 0.25) is 0 Å². The molecule has 0 N–H and O–H groups in total. The van der Waals surface area contributed by atoms with Gasteiger partial charge in [-0.15, -0.1) is 0 Å². The Kier molecular flexibility index (Phi) is 3.40. The van der Waals surface area contributed by atoms with Crippen molar-refractivity contribution in [1.82, 2.24) is 4.98 Å². The first-order chi connectivity index (χ1) is 12.8. The average molecular weight is 350 g/mol. The fourth-order valence-corrected chi connectivity index (χ4v) is 9.69. The van der Waals surface area contributed by atoms with Gasteiger partial charge in [0.15, 0.2) is 8.07 Å². The zero-order chi connectivity index (χ0) is 17.6. The zero-order valence-electron chi connectivity index (χ0n) is 14.7. The highest BCUT2D eigenvalue weighted by Gasteiger charge is 2.49. The maximum atomic E-state index is 4.84. The van der Waals surface area contributed by atoms with Crippen LogP contribution < -0.4 is 20.7 Å². The number of nitrogens with zero attached hydrogens (tertiary/aromatic N) is 1. The molecule has 0 amide bonds. The van der Waals surface area contributed by atoms with E-state index in [2.05, 4.69) is 97.9 Å². The Morgan fingerprint density at radius 2 is 1.23 bits per heavy atom. The number of benzene rings is 3. The van der Waals surface area contributed by atoms with Gasteiger partial charge in [0, 0.05) is 11.8 Å². The van der Waals surface area contributed by atoms with Crippen molar-refractivity contribution in [2.45, 2.75) is 6.92 Å². The van der Waals surface area contributed by atoms with Crippen LogP contribution in [0, 0.1) is 6.92 Å². The molecule has 0 bridgehead atoms. The molecule has 0 radical (unpaired) electrons. The van der Waals surface area contributed by atoms with Crippen LogP contribution >= 0.6 is 0 Å². The summed E-state index contributed by atoms with van der Waals surface area (Å²) in [6.07, 6.45) is 1.93. The second kappa shape index (κ2) is 5.79. The molecule has 3 aromatic carbocycles. The van der Waals surface area contributed by atoms with Crippen molar-refractivity contribution in [1.29, 1.82) is 0 Å². The van der Waals surface area contributed by atoms with Crippen molar-refractivity contribution >= 4 is 28.8 Å². The predicted octanol–water partition coefficient (Wildman–Crippen LogP) is 2.75. The van der Waals surface area contributed by atoms with Crippen molar-refractivity contribution in [2.75, 3.05) is 0 Å². The topological polar surface area (TPSA) is 12.9 Å². The van der Waals surface area contributed by atoms with Gasteiger partial charge in [0.1, 0.15) is 0 Å². The van der Waals surface area contributed by atoms with E-state index in [-0.39, 0.29) is 0 Å². The highest BCUT2D eigenvalue weighted by Crippen LogP contribution is 2.29. The highest BCUT2D eigenvalue weighted by atomic mass is 28.3. The molecule has 0 aliphatic carbocycles. The summed E-state index contributed by atoms with van der Waals surface area (Å²) in [7, 11) is -2.32. The monoisotopic (exact) mass is 349 g/mol. The molecule has 0 saturated heterocycles. The lowest BCUT2D eigenvalue weighted by atomic mass is 10.1. The Hall–Kier alpha value is -2.97. The molecule has 1 aromatic heterocycles. The normalized spacial score (nSPS) is 13.9. The summed E-state index contributed by atoms with van der Waals surface area (Å²) in [5.74, 6) is 0. The Morgan fingerprint density at radius 1 is 0.615 bits per heavy atom. The van der Waals surface area contributed by atoms with Crippen molar-refractivity contribution in [2.24, 2.45) is 0 Å². The van der Waals surface area contributed by atoms with Gasteiger partial charge in [-0.05, 0) is 39.3 Å². The Labute approximate surface area is 155 Å². The summed E-state index contributed by atoms with van der Waals surface area (Å²) in [5.41, 5.74) is 3.81. The third-order valence-corrected chi connectivity index (χ3v) is 10.4. The third-order valence-electron chi connectivity index (χ3n) is 5.54. The van der Waals surface area contributed by atoms with Gasteiger partial charge in [-0.2, -0.15) is 0 Å². The molecule has 124 valence electrons. The van der Waals surface area contributed by atoms with Crippen LogP contribution in [0.4, 0.5) is 0 Å². The number of hydrogen-bond acceptors (Lipinski definition) is 1. The van der Waals surface area contributed by atoms with Gasteiger partial charge in [-0.3, -0.25) is 4.98 Å². The summed E-state index contributed by atoms with van der Waals surface area (Å²) in [4.78, 5) is 4.84. The van der Waals surface area contributed by atoms with Gasteiger partial charge >= 0.3 is 0 Å². The van der Waals surface area contributed by atoms with Crippen LogP contribution in [0.5, 0.6) is 0 Å². The van der Waals surface area contributed by atoms with Gasteiger partial charge in [-0.1, -0.05) is 84.9 Å². The lowest BCUT2D eigenvalue weighted by molar-refractivity contribution is 1.34. The fraction of sp³-hybridized carbons (Fsp3) is 0.0417. The second-order valence-electron chi connectivity index (χ2n) is 6.88. The van der Waals surface area contributed by atoms with E-state index >= 15 is 0 Å². The molecule has 0 fully saturated rings. The maximum absolute atomic E-state index is 4.84. The van der Waals surface area contributed by atoms with Crippen LogP contribution in [0.3, 0.4) is 0 Å². The van der Waals surface area contributed by atoms with E-state index in [1.54, 1.807) is 0 Å². The SMILES string of the molecule is Cc1cccc2c1-c1ncccc1[Si]2(c1ccccc1)c1ccccc1. The molecular weight excluding hydrogens is 330 g/mol. The predicted molar refractivity (Wildman–Crippen MR) is 112 cm³/mol. The van der Waals surface area contributed by atoms with E-state index in [0.29, 0.717) is 0 Å². The molecule has 1 nitrogen and oxygen atoms in total. The number of fused-ring (bicyclic) bond motifs is 3. The second-order valence-corrected chi connectivity index (χ2v) is 10.6. The summed E-state index contributed by atoms with van der Waals surface area (Å²) in [6.45, 7) is 2.21. The number of hydrogen-bond donors (Lipinski definition) is 0. The molecule has 26 heavy (non-hydrogen) atoms. The molecule has 5 rings (SSSR count). The molecule has 1 aliphatic heterocycles. The van der Waals surface area contributed by atoms with Gasteiger partial charge in [0.05, 0.1) is 5.69 Å². The molecule has 2 heterocycles. The van der Waals surface area contributed by atoms with E-state index in [9.17, 15) is 0 Å². The third kappa shape index (κ3) is 1.93. The molecule has 2 heteroatoms. The summed E-state index contributed by atoms with van der Waals surface area (Å²) >= 11 is 0. The number of rotatable bonds is 2. The standard InChI is InChI=1S/C24H19NSi/c1-18-10-8-15-21-23(18)24-22(16-9-17-25-24)26(21,19-11-4-2-5-12-19)20-13-6-3-7-14-20/h2-17H,1H3. The number of aryl methyl sites for hydroxylation is 1. The zero-order valence-corrected chi connectivity index (χ0v) is 15.7. The van der Waals surface area contributed by atoms with E-state index in [0.717, 1.165) is 0 Å². The fourth-order valence-electron chi connectivity index (χ4n) is 4.51. The van der Waals surface area contributed by atoms with Crippen molar-refractivity contribution in [3.8, 4) is 11.3 Å². The van der Waals surface area contributed by atoms with Crippen molar-refractivity contribution in [3.05, 3.63) is 103 Å². The van der Waals surface area contributed by atoms with Crippen LogP contribution in [0.1, 0.15) is 5.56 Å². The molecular formula is C24H19NSi. The molecule has 4 aromatic rings. The maximum Gasteiger partial charge on any atom is 0.182 e. The van der Waals surface area contributed by atoms with E-state index in [1.807, 2.05) is 6.20 Å². The minimum Gasteiger partial charge on any atom is -0.256 e. The Balaban J connectivity index is 2.00. The van der Waals surface area contributed by atoms with Crippen LogP contribution in [-0.4, -0.2) is 13.1 Å². The molecule has 0 atom stereocenters. The first-order valence-corrected chi connectivity index (χ1v) is 11.0. The minimum atomic E-state index is -2.32. The Morgan fingerprint density at radius 3 is 1.88 bits per heavy atom. The molecule has 0 unspecified atom stereocenters. The van der Waals surface area contributed by atoms with Crippen LogP contribution in [0.2, 0.25) is 0 Å². The van der Waals surface area contributed by atoms with E-state index < -0.39 is 8.07 Å². The molecule has 0 saturated carbocycles. The average Bonchev–Trinajstić information content (AvgIpc) is 3.02. The molecule has 1 aliphatic rings. The van der Waals surface area contributed by atoms with Crippen molar-refractivity contribution < 1.29 is 0 Å². The van der Waals surface area contributed by atoms with Crippen LogP contribution in [0.25, 0.3) is 11.3 Å². The Bertz CT molecular complexity index is 1050. The van der Waals surface area contributed by atoms with E-state index in [4.69, 9.17) is 4.98 Å². The number of aromatic nitrogens is 1. The van der Waals surface area contributed by atoms with Crippen LogP contribution in [0.15, 0.2) is 97.2 Å². The lowest BCUT2D eigenvalue weighted by Crippen LogP contribution is -2.72. The number of pyridine rings is 1. The minimum absolute atomic E-state index is 1.17. The van der Waals surface area contributed by atoms with Gasteiger partial charge < -0.3 is 0 Å². The van der Waals surface area contributed by atoms with Crippen LogP contribution in [-0.2, 0) is 0 Å².